The first-order chi connectivity index (χ1) is 11.5. The molecule has 3 rings (SSSR count). The van der Waals surface area contributed by atoms with E-state index < -0.39 is 5.79 Å². The second-order valence-corrected chi connectivity index (χ2v) is 6.65. The van der Waals surface area contributed by atoms with Crippen LogP contribution in [-0.2, 0) is 26.4 Å². The van der Waals surface area contributed by atoms with Gasteiger partial charge in [-0.2, -0.15) is 0 Å². The number of benzene rings is 2. The van der Waals surface area contributed by atoms with Crippen LogP contribution in [0.5, 0.6) is 0 Å². The Bertz CT molecular complexity index is 725. The first kappa shape index (κ1) is 17.5. The van der Waals surface area contributed by atoms with E-state index in [0.29, 0.717) is 35.4 Å². The van der Waals surface area contributed by atoms with Gasteiger partial charge in [-0.25, -0.2) is 0 Å². The fourth-order valence-corrected chi connectivity index (χ4v) is 3.48. The van der Waals surface area contributed by atoms with E-state index in [1.54, 1.807) is 19.2 Å². The van der Waals surface area contributed by atoms with Gasteiger partial charge in [0.05, 0.1) is 18.2 Å². The van der Waals surface area contributed by atoms with Crippen molar-refractivity contribution < 1.29 is 14.2 Å². The Kier molecular flexibility index (Phi) is 5.33. The Morgan fingerprint density at radius 2 is 2.08 bits per heavy atom. The molecule has 2 aromatic rings. The number of nitrogens with two attached hydrogens (primary N) is 1. The lowest BCUT2D eigenvalue weighted by atomic mass is 9.97. The SMILES string of the molecule is COCC1COC(Cc2cccc(N)c2)(c2ccc(Cl)cc2Cl)O1. The number of anilines is 1. The van der Waals surface area contributed by atoms with Gasteiger partial charge in [0.1, 0.15) is 6.10 Å². The number of rotatable bonds is 5. The molecule has 0 saturated carbocycles. The van der Waals surface area contributed by atoms with Crippen molar-refractivity contribution in [2.45, 2.75) is 18.3 Å². The third kappa shape index (κ3) is 3.68. The minimum atomic E-state index is -0.987. The molecule has 0 bridgehead atoms. The summed E-state index contributed by atoms with van der Waals surface area (Å²) in [6.07, 6.45) is 0.322. The highest BCUT2D eigenvalue weighted by molar-refractivity contribution is 6.35. The minimum absolute atomic E-state index is 0.164. The lowest BCUT2D eigenvalue weighted by Gasteiger charge is -2.30. The highest BCUT2D eigenvalue weighted by atomic mass is 35.5. The fraction of sp³-hybridized carbons (Fsp3) is 0.333. The maximum absolute atomic E-state index is 6.42. The normalized spacial score (nSPS) is 23.5. The van der Waals surface area contributed by atoms with E-state index in [1.165, 1.54) is 0 Å². The second-order valence-electron chi connectivity index (χ2n) is 5.81. The van der Waals surface area contributed by atoms with Crippen LogP contribution in [0.2, 0.25) is 10.0 Å². The minimum Gasteiger partial charge on any atom is -0.399 e. The maximum Gasteiger partial charge on any atom is 0.200 e. The molecule has 0 aromatic heterocycles. The summed E-state index contributed by atoms with van der Waals surface area (Å²) in [4.78, 5) is 0. The number of hydrogen-bond acceptors (Lipinski definition) is 4. The van der Waals surface area contributed by atoms with Gasteiger partial charge in [0.2, 0.25) is 5.79 Å². The Balaban J connectivity index is 1.98. The zero-order valence-corrected chi connectivity index (χ0v) is 14.8. The van der Waals surface area contributed by atoms with Gasteiger partial charge in [0, 0.05) is 29.8 Å². The molecule has 1 fully saturated rings. The quantitative estimate of drug-likeness (QED) is 0.810. The van der Waals surface area contributed by atoms with E-state index in [1.807, 2.05) is 30.3 Å². The van der Waals surface area contributed by atoms with E-state index in [4.69, 9.17) is 43.1 Å². The van der Waals surface area contributed by atoms with Gasteiger partial charge in [-0.05, 0) is 29.8 Å². The molecule has 1 heterocycles. The average Bonchev–Trinajstić information content (AvgIpc) is 2.91. The summed E-state index contributed by atoms with van der Waals surface area (Å²) >= 11 is 12.4. The zero-order valence-electron chi connectivity index (χ0n) is 13.3. The molecule has 2 N–H and O–H groups in total. The molecule has 0 spiro atoms. The summed E-state index contributed by atoms with van der Waals surface area (Å²) < 4.78 is 17.5. The summed E-state index contributed by atoms with van der Waals surface area (Å²) in [6.45, 7) is 0.874. The predicted molar refractivity (Wildman–Crippen MR) is 95.4 cm³/mol. The molecular weight excluding hydrogens is 349 g/mol. The molecule has 4 nitrogen and oxygen atoms in total. The monoisotopic (exact) mass is 367 g/mol. The number of hydrogen-bond donors (Lipinski definition) is 1. The van der Waals surface area contributed by atoms with Gasteiger partial charge in [0.25, 0.3) is 0 Å². The smallest absolute Gasteiger partial charge is 0.200 e. The second kappa shape index (κ2) is 7.30. The van der Waals surface area contributed by atoms with E-state index in [-0.39, 0.29) is 6.10 Å². The van der Waals surface area contributed by atoms with Crippen molar-refractivity contribution in [1.82, 2.24) is 0 Å². The molecule has 24 heavy (non-hydrogen) atoms. The summed E-state index contributed by atoms with van der Waals surface area (Å²) in [6, 6.07) is 12.9. The number of ether oxygens (including phenoxy) is 3. The number of nitrogen functional groups attached to an aromatic ring is 1. The topological polar surface area (TPSA) is 53.7 Å². The summed E-state index contributed by atoms with van der Waals surface area (Å²) in [7, 11) is 1.64. The van der Waals surface area contributed by atoms with E-state index in [0.717, 1.165) is 11.1 Å². The van der Waals surface area contributed by atoms with E-state index >= 15 is 0 Å². The van der Waals surface area contributed by atoms with Crippen LogP contribution in [0.3, 0.4) is 0 Å². The summed E-state index contributed by atoms with van der Waals surface area (Å²) in [5.41, 5.74) is 8.33. The standard InChI is InChI=1S/C18H19Cl2NO3/c1-22-10-15-11-23-18(24-15,9-12-3-2-4-14(21)7-12)16-6-5-13(19)8-17(16)20/h2-8,15H,9-11,21H2,1H3. The lowest BCUT2D eigenvalue weighted by molar-refractivity contribution is -0.180. The summed E-state index contributed by atoms with van der Waals surface area (Å²) in [5, 5.41) is 1.07. The van der Waals surface area contributed by atoms with Crippen molar-refractivity contribution in [2.75, 3.05) is 26.1 Å². The third-order valence-electron chi connectivity index (χ3n) is 3.94. The van der Waals surface area contributed by atoms with Crippen LogP contribution in [0.1, 0.15) is 11.1 Å². The summed E-state index contributed by atoms with van der Waals surface area (Å²) in [5.74, 6) is -0.987. The molecule has 2 aromatic carbocycles. The highest BCUT2D eigenvalue weighted by Crippen LogP contribution is 2.41. The van der Waals surface area contributed by atoms with Crippen molar-refractivity contribution in [3.63, 3.8) is 0 Å². The maximum atomic E-state index is 6.42. The Labute approximate surface area is 151 Å². The fourth-order valence-electron chi connectivity index (χ4n) is 2.93. The molecule has 2 atom stereocenters. The predicted octanol–water partition coefficient (Wildman–Crippen LogP) is 4.03. The van der Waals surface area contributed by atoms with Crippen molar-refractivity contribution in [3.8, 4) is 0 Å². The Morgan fingerprint density at radius 1 is 1.25 bits per heavy atom. The number of methoxy groups -OCH3 is 1. The molecule has 6 heteroatoms. The van der Waals surface area contributed by atoms with E-state index in [2.05, 4.69) is 0 Å². The Hall–Kier alpha value is -1.30. The number of halogens is 2. The molecule has 0 aliphatic carbocycles. The molecule has 1 saturated heterocycles. The molecule has 0 radical (unpaired) electrons. The molecule has 1 aliphatic rings. The van der Waals surface area contributed by atoms with Crippen LogP contribution in [-0.4, -0.2) is 26.4 Å². The van der Waals surface area contributed by atoms with Crippen LogP contribution in [0.4, 0.5) is 5.69 Å². The molecule has 2 unspecified atom stereocenters. The lowest BCUT2D eigenvalue weighted by Crippen LogP contribution is -2.32. The molecular formula is C18H19Cl2NO3. The van der Waals surface area contributed by atoms with Crippen molar-refractivity contribution >= 4 is 28.9 Å². The Morgan fingerprint density at radius 3 is 2.79 bits per heavy atom. The van der Waals surface area contributed by atoms with Gasteiger partial charge >= 0.3 is 0 Å². The van der Waals surface area contributed by atoms with Gasteiger partial charge in [-0.1, -0.05) is 41.4 Å². The van der Waals surface area contributed by atoms with Crippen LogP contribution in [0, 0.1) is 0 Å². The van der Waals surface area contributed by atoms with Gasteiger partial charge in [-0.3, -0.25) is 0 Å². The first-order valence-corrected chi connectivity index (χ1v) is 8.39. The van der Waals surface area contributed by atoms with Crippen molar-refractivity contribution in [1.29, 1.82) is 0 Å². The average molecular weight is 368 g/mol. The van der Waals surface area contributed by atoms with Gasteiger partial charge in [0.15, 0.2) is 0 Å². The van der Waals surface area contributed by atoms with Gasteiger partial charge in [-0.15, -0.1) is 0 Å². The highest BCUT2D eigenvalue weighted by Gasteiger charge is 2.44. The van der Waals surface area contributed by atoms with Crippen molar-refractivity contribution in [2.24, 2.45) is 0 Å². The largest absolute Gasteiger partial charge is 0.399 e. The molecule has 1 aliphatic heterocycles. The molecule has 0 amide bonds. The zero-order chi connectivity index (χ0) is 17.2. The van der Waals surface area contributed by atoms with Crippen LogP contribution < -0.4 is 5.73 Å². The third-order valence-corrected chi connectivity index (χ3v) is 4.49. The van der Waals surface area contributed by atoms with Crippen LogP contribution in [0.25, 0.3) is 0 Å². The van der Waals surface area contributed by atoms with Crippen LogP contribution in [0.15, 0.2) is 42.5 Å². The van der Waals surface area contributed by atoms with Gasteiger partial charge < -0.3 is 19.9 Å². The van der Waals surface area contributed by atoms with Crippen molar-refractivity contribution in [3.05, 3.63) is 63.6 Å². The van der Waals surface area contributed by atoms with E-state index in [9.17, 15) is 0 Å². The molecule has 128 valence electrons. The van der Waals surface area contributed by atoms with Crippen LogP contribution >= 0.6 is 23.2 Å². The first-order valence-electron chi connectivity index (χ1n) is 7.63.